The molecule has 2 heterocycles. The molecular formula is C28H25FN4O. The van der Waals surface area contributed by atoms with Crippen LogP contribution in [-0.2, 0) is 6.42 Å². The molecule has 0 aliphatic carbocycles. The van der Waals surface area contributed by atoms with Crippen LogP contribution in [0.15, 0.2) is 88.8 Å². The lowest BCUT2D eigenvalue weighted by molar-refractivity contribution is 0.627. The van der Waals surface area contributed by atoms with E-state index in [4.69, 9.17) is 4.99 Å². The van der Waals surface area contributed by atoms with Gasteiger partial charge in [-0.05, 0) is 62.2 Å². The van der Waals surface area contributed by atoms with Gasteiger partial charge in [0, 0.05) is 34.9 Å². The lowest BCUT2D eigenvalue weighted by atomic mass is 10.0. The van der Waals surface area contributed by atoms with Crippen molar-refractivity contribution in [3.05, 3.63) is 112 Å². The molecular weight excluding hydrogens is 427 g/mol. The molecule has 0 saturated heterocycles. The van der Waals surface area contributed by atoms with Gasteiger partial charge in [0.2, 0.25) is 0 Å². The number of nitrogens with one attached hydrogen (secondary N) is 2. The van der Waals surface area contributed by atoms with Crippen LogP contribution in [0.5, 0.6) is 0 Å². The number of H-pyrrole nitrogens is 2. The van der Waals surface area contributed by atoms with Crippen molar-refractivity contribution in [1.29, 1.82) is 0 Å². The van der Waals surface area contributed by atoms with Gasteiger partial charge in [0.1, 0.15) is 5.82 Å². The molecule has 0 fully saturated rings. The quantitative estimate of drug-likeness (QED) is 0.314. The molecule has 34 heavy (non-hydrogen) atoms. The number of rotatable bonds is 6. The Bertz CT molecular complexity index is 1540. The maximum absolute atomic E-state index is 13.4. The molecule has 0 aliphatic heterocycles. The molecule has 3 aromatic carbocycles. The average molecular weight is 453 g/mol. The minimum Gasteiger partial charge on any atom is -0.361 e. The normalized spacial score (nSPS) is 11.9. The summed E-state index contributed by atoms with van der Waals surface area (Å²) in [5, 5.41) is 4.42. The Hall–Kier alpha value is -4.19. The van der Waals surface area contributed by atoms with E-state index in [1.54, 1.807) is 12.1 Å². The van der Waals surface area contributed by atoms with Crippen LogP contribution >= 0.6 is 0 Å². The molecule has 0 atom stereocenters. The molecule has 5 nitrogen and oxygen atoms in total. The number of halogens is 1. The highest BCUT2D eigenvalue weighted by molar-refractivity contribution is 6.03. The van der Waals surface area contributed by atoms with Crippen molar-refractivity contribution in [3.8, 4) is 16.9 Å². The highest BCUT2D eigenvalue weighted by atomic mass is 19.1. The molecule has 0 saturated carbocycles. The molecule has 5 aromatic rings. The van der Waals surface area contributed by atoms with E-state index in [1.807, 2.05) is 43.5 Å². The summed E-state index contributed by atoms with van der Waals surface area (Å²) in [5.41, 5.74) is 6.65. The first-order chi connectivity index (χ1) is 16.5. The van der Waals surface area contributed by atoms with Gasteiger partial charge in [0.25, 0.3) is 5.56 Å². The first-order valence-corrected chi connectivity index (χ1v) is 11.3. The Morgan fingerprint density at radius 3 is 2.56 bits per heavy atom. The van der Waals surface area contributed by atoms with Crippen LogP contribution in [-0.4, -0.2) is 27.0 Å². The van der Waals surface area contributed by atoms with Crippen molar-refractivity contribution < 1.29 is 4.39 Å². The van der Waals surface area contributed by atoms with E-state index >= 15 is 0 Å². The van der Waals surface area contributed by atoms with Gasteiger partial charge in [-0.1, -0.05) is 42.0 Å². The summed E-state index contributed by atoms with van der Waals surface area (Å²) in [6, 6.07) is 21.9. The van der Waals surface area contributed by atoms with Crippen molar-refractivity contribution in [2.45, 2.75) is 20.3 Å². The van der Waals surface area contributed by atoms with Crippen LogP contribution in [0.2, 0.25) is 0 Å². The molecule has 0 bridgehead atoms. The highest BCUT2D eigenvalue weighted by Crippen LogP contribution is 2.23. The van der Waals surface area contributed by atoms with Gasteiger partial charge in [-0.3, -0.25) is 14.9 Å². The zero-order valence-corrected chi connectivity index (χ0v) is 19.1. The molecule has 170 valence electrons. The fourth-order valence-corrected chi connectivity index (χ4v) is 4.28. The Balaban J connectivity index is 1.50. The second-order valence-corrected chi connectivity index (χ2v) is 8.42. The van der Waals surface area contributed by atoms with Crippen LogP contribution < -0.4 is 5.56 Å². The predicted molar refractivity (Wildman–Crippen MR) is 136 cm³/mol. The van der Waals surface area contributed by atoms with Gasteiger partial charge >= 0.3 is 0 Å². The minimum absolute atomic E-state index is 0.213. The van der Waals surface area contributed by atoms with Gasteiger partial charge in [-0.2, -0.15) is 0 Å². The van der Waals surface area contributed by atoms with E-state index in [1.165, 1.54) is 33.3 Å². The second-order valence-electron chi connectivity index (χ2n) is 8.42. The zero-order chi connectivity index (χ0) is 23.7. The van der Waals surface area contributed by atoms with E-state index in [0.717, 1.165) is 17.5 Å². The van der Waals surface area contributed by atoms with Crippen LogP contribution in [0.1, 0.15) is 23.6 Å². The first-order valence-electron chi connectivity index (χ1n) is 11.3. The maximum Gasteiger partial charge on any atom is 0.280 e. The Morgan fingerprint density at radius 1 is 1.03 bits per heavy atom. The SMILES string of the molecule is CC(=NCCc1c[nH]c2ccc(C)cc12)c1c(-c2ccccc2)[nH]n(-c2ccc(F)cc2)c1=O. The number of aromatic nitrogens is 3. The van der Waals surface area contributed by atoms with Crippen molar-refractivity contribution in [3.63, 3.8) is 0 Å². The summed E-state index contributed by atoms with van der Waals surface area (Å²) in [5.74, 6) is -0.350. The monoisotopic (exact) mass is 452 g/mol. The molecule has 0 amide bonds. The third kappa shape index (κ3) is 4.10. The number of aliphatic imine (C=N–C) groups is 1. The van der Waals surface area contributed by atoms with Crippen LogP contribution in [0, 0.1) is 12.7 Å². The summed E-state index contributed by atoms with van der Waals surface area (Å²) in [6.45, 7) is 4.51. The Labute approximate surface area is 196 Å². The van der Waals surface area contributed by atoms with Crippen molar-refractivity contribution >= 4 is 16.6 Å². The summed E-state index contributed by atoms with van der Waals surface area (Å²) < 4.78 is 14.9. The summed E-state index contributed by atoms with van der Waals surface area (Å²) in [7, 11) is 0. The third-order valence-corrected chi connectivity index (χ3v) is 6.05. The number of hydrogen-bond acceptors (Lipinski definition) is 2. The predicted octanol–water partition coefficient (Wildman–Crippen LogP) is 5.81. The van der Waals surface area contributed by atoms with Gasteiger partial charge < -0.3 is 4.98 Å². The Kier molecular flexibility index (Phi) is 5.72. The van der Waals surface area contributed by atoms with Crippen molar-refractivity contribution in [1.82, 2.24) is 14.8 Å². The molecule has 0 aliphatic rings. The standard InChI is InChI=1S/C28H25FN4O/c1-18-8-13-25-24(16-18)21(17-31-25)14-15-30-19(2)26-27(20-6-4-3-5-7-20)32-33(28(26)34)23-11-9-22(29)10-12-23/h3-13,16-17,31-32H,14-15H2,1-2H3. The lowest BCUT2D eigenvalue weighted by Gasteiger charge is -2.03. The number of aromatic amines is 2. The number of benzene rings is 3. The molecule has 0 unspecified atom stereocenters. The third-order valence-electron chi connectivity index (χ3n) is 6.05. The molecule has 0 radical (unpaired) electrons. The zero-order valence-electron chi connectivity index (χ0n) is 19.1. The number of nitrogens with zero attached hydrogens (tertiary/aromatic N) is 2. The summed E-state index contributed by atoms with van der Waals surface area (Å²) in [6.07, 6.45) is 2.79. The minimum atomic E-state index is -0.350. The summed E-state index contributed by atoms with van der Waals surface area (Å²) in [4.78, 5) is 21.5. The molecule has 5 rings (SSSR count). The molecule has 2 N–H and O–H groups in total. The second kappa shape index (κ2) is 8.98. The number of fused-ring (bicyclic) bond motifs is 1. The largest absolute Gasteiger partial charge is 0.361 e. The van der Waals surface area contributed by atoms with Crippen molar-refractivity contribution in [2.24, 2.45) is 4.99 Å². The van der Waals surface area contributed by atoms with Crippen molar-refractivity contribution in [2.75, 3.05) is 6.54 Å². The molecule has 0 spiro atoms. The fraction of sp³-hybridized carbons (Fsp3) is 0.143. The molecule has 6 heteroatoms. The van der Waals surface area contributed by atoms with Gasteiger partial charge in [-0.15, -0.1) is 0 Å². The number of hydrogen-bond donors (Lipinski definition) is 2. The lowest BCUT2D eigenvalue weighted by Crippen LogP contribution is -2.20. The van der Waals surface area contributed by atoms with E-state index < -0.39 is 0 Å². The van der Waals surface area contributed by atoms with E-state index in [-0.39, 0.29) is 11.4 Å². The highest BCUT2D eigenvalue weighted by Gasteiger charge is 2.19. The number of aryl methyl sites for hydroxylation is 1. The fourth-order valence-electron chi connectivity index (χ4n) is 4.28. The summed E-state index contributed by atoms with van der Waals surface area (Å²) >= 11 is 0. The smallest absolute Gasteiger partial charge is 0.280 e. The first kappa shape index (κ1) is 21.6. The maximum atomic E-state index is 13.4. The Morgan fingerprint density at radius 2 is 1.79 bits per heavy atom. The van der Waals surface area contributed by atoms with Gasteiger partial charge in [0.05, 0.1) is 16.9 Å². The van der Waals surface area contributed by atoms with E-state index in [2.05, 4.69) is 35.2 Å². The van der Waals surface area contributed by atoms with Gasteiger partial charge in [-0.25, -0.2) is 9.07 Å². The van der Waals surface area contributed by atoms with Gasteiger partial charge in [0.15, 0.2) is 0 Å². The van der Waals surface area contributed by atoms with Crippen LogP contribution in [0.25, 0.3) is 27.8 Å². The van der Waals surface area contributed by atoms with E-state index in [0.29, 0.717) is 29.2 Å². The van der Waals surface area contributed by atoms with E-state index in [9.17, 15) is 9.18 Å². The van der Waals surface area contributed by atoms with Crippen LogP contribution in [0.4, 0.5) is 4.39 Å². The average Bonchev–Trinajstić information content (AvgIpc) is 3.40. The molecule has 2 aromatic heterocycles. The topological polar surface area (TPSA) is 65.9 Å². The van der Waals surface area contributed by atoms with Crippen LogP contribution in [0.3, 0.4) is 0 Å².